The highest BCUT2D eigenvalue weighted by atomic mass is 19.1. The van der Waals surface area contributed by atoms with E-state index in [0.29, 0.717) is 18.4 Å². The fourth-order valence-electron chi connectivity index (χ4n) is 2.69. The minimum absolute atomic E-state index is 0.0596. The smallest absolute Gasteiger partial charge is 0.329 e. The maximum atomic E-state index is 13.6. The van der Waals surface area contributed by atoms with Gasteiger partial charge in [0.25, 0.3) is 0 Å². The fraction of sp³-hybridized carbons (Fsp3) is 0.467. The van der Waals surface area contributed by atoms with Gasteiger partial charge in [0.1, 0.15) is 5.54 Å². The minimum Gasteiger partial charge on any atom is -0.494 e. The van der Waals surface area contributed by atoms with Crippen molar-refractivity contribution in [3.05, 3.63) is 29.6 Å². The van der Waals surface area contributed by atoms with Gasteiger partial charge in [-0.1, -0.05) is 18.9 Å². The molecule has 2 N–H and O–H groups in total. The number of hydrogen-bond acceptors (Lipinski definition) is 3. The van der Waals surface area contributed by atoms with E-state index < -0.39 is 23.2 Å². The molecule has 0 heterocycles. The number of carbonyl (C=O) groups excluding carboxylic acids is 1. The van der Waals surface area contributed by atoms with Crippen molar-refractivity contribution in [2.24, 2.45) is 0 Å². The van der Waals surface area contributed by atoms with Crippen molar-refractivity contribution in [3.8, 4) is 5.75 Å². The summed E-state index contributed by atoms with van der Waals surface area (Å²) < 4.78 is 18.4. The number of nitrogens with one attached hydrogen (secondary N) is 1. The van der Waals surface area contributed by atoms with Crippen LogP contribution in [0.3, 0.4) is 0 Å². The highest BCUT2D eigenvalue weighted by molar-refractivity contribution is 5.88. The van der Waals surface area contributed by atoms with Gasteiger partial charge < -0.3 is 15.2 Å². The average molecular weight is 295 g/mol. The second-order valence-electron chi connectivity index (χ2n) is 5.29. The second kappa shape index (κ2) is 6.11. The normalized spacial score (nSPS) is 16.5. The first-order chi connectivity index (χ1) is 9.97. The summed E-state index contributed by atoms with van der Waals surface area (Å²) in [5, 5.41) is 11.9. The molecule has 1 fully saturated rings. The van der Waals surface area contributed by atoms with Gasteiger partial charge in [-0.2, -0.15) is 0 Å². The Hall–Kier alpha value is -2.11. The molecule has 21 heavy (non-hydrogen) atoms. The maximum absolute atomic E-state index is 13.6. The number of rotatable bonds is 5. The molecule has 0 aromatic heterocycles. The lowest BCUT2D eigenvalue weighted by Gasteiger charge is -2.25. The summed E-state index contributed by atoms with van der Waals surface area (Å²) in [7, 11) is 1.36. The van der Waals surface area contributed by atoms with Gasteiger partial charge in [-0.25, -0.2) is 9.18 Å². The summed E-state index contributed by atoms with van der Waals surface area (Å²) in [6.07, 6.45) is 2.37. The standard InChI is InChI=1S/C15H18FNO4/c1-21-12-5-4-10(8-11(12)16)9-13(18)17-15(14(19)20)6-2-3-7-15/h4-5,8H,2-3,6-7,9H2,1H3,(H,17,18)(H,19,20). The third-order valence-electron chi connectivity index (χ3n) is 3.83. The summed E-state index contributed by atoms with van der Waals surface area (Å²) in [6, 6.07) is 4.25. The van der Waals surface area contributed by atoms with Crippen molar-refractivity contribution in [2.45, 2.75) is 37.6 Å². The van der Waals surface area contributed by atoms with Crippen LogP contribution < -0.4 is 10.1 Å². The largest absolute Gasteiger partial charge is 0.494 e. The molecule has 1 aliphatic carbocycles. The molecule has 0 aliphatic heterocycles. The SMILES string of the molecule is COc1ccc(CC(=O)NC2(C(=O)O)CCCC2)cc1F. The zero-order valence-corrected chi connectivity index (χ0v) is 11.8. The van der Waals surface area contributed by atoms with Crippen LogP contribution in [-0.2, 0) is 16.0 Å². The summed E-state index contributed by atoms with van der Waals surface area (Å²) in [4.78, 5) is 23.4. The molecule has 1 aliphatic rings. The fourth-order valence-corrected chi connectivity index (χ4v) is 2.69. The van der Waals surface area contributed by atoms with E-state index in [1.54, 1.807) is 6.07 Å². The summed E-state index contributed by atoms with van der Waals surface area (Å²) in [6.45, 7) is 0. The van der Waals surface area contributed by atoms with Gasteiger partial charge in [0.2, 0.25) is 5.91 Å². The molecule has 0 spiro atoms. The third-order valence-corrected chi connectivity index (χ3v) is 3.83. The number of carboxylic acid groups (broad SMARTS) is 1. The highest BCUT2D eigenvalue weighted by Crippen LogP contribution is 2.30. The van der Waals surface area contributed by atoms with E-state index >= 15 is 0 Å². The first kappa shape index (κ1) is 15.3. The molecular weight excluding hydrogens is 277 g/mol. The van der Waals surface area contributed by atoms with Crippen molar-refractivity contribution in [2.75, 3.05) is 7.11 Å². The molecule has 1 aromatic rings. The van der Waals surface area contributed by atoms with E-state index in [1.807, 2.05) is 0 Å². The van der Waals surface area contributed by atoms with Gasteiger partial charge in [-0.05, 0) is 30.5 Å². The minimum atomic E-state index is -1.16. The van der Waals surface area contributed by atoms with Gasteiger partial charge in [0, 0.05) is 0 Å². The lowest BCUT2D eigenvalue weighted by Crippen LogP contribution is -2.52. The van der Waals surface area contributed by atoms with Gasteiger partial charge in [0.15, 0.2) is 11.6 Å². The molecule has 2 rings (SSSR count). The van der Waals surface area contributed by atoms with Crippen LogP contribution in [0.25, 0.3) is 0 Å². The predicted octanol–water partition coefficient (Wildman–Crippen LogP) is 1.89. The van der Waals surface area contributed by atoms with Crippen molar-refractivity contribution in [1.29, 1.82) is 0 Å². The monoisotopic (exact) mass is 295 g/mol. The molecule has 114 valence electrons. The van der Waals surface area contributed by atoms with E-state index in [-0.39, 0.29) is 12.2 Å². The molecule has 0 atom stereocenters. The van der Waals surface area contributed by atoms with Gasteiger partial charge in [-0.3, -0.25) is 4.79 Å². The zero-order valence-electron chi connectivity index (χ0n) is 11.8. The van der Waals surface area contributed by atoms with Crippen LogP contribution in [0.2, 0.25) is 0 Å². The topological polar surface area (TPSA) is 75.6 Å². The van der Waals surface area contributed by atoms with Crippen molar-refractivity contribution in [3.63, 3.8) is 0 Å². The first-order valence-electron chi connectivity index (χ1n) is 6.84. The molecule has 5 nitrogen and oxygen atoms in total. The molecule has 0 bridgehead atoms. The van der Waals surface area contributed by atoms with Crippen molar-refractivity contribution < 1.29 is 23.8 Å². The van der Waals surface area contributed by atoms with E-state index in [1.165, 1.54) is 19.2 Å². The quantitative estimate of drug-likeness (QED) is 0.870. The second-order valence-corrected chi connectivity index (χ2v) is 5.29. The van der Waals surface area contributed by atoms with Crippen LogP contribution in [0.4, 0.5) is 4.39 Å². The number of carbonyl (C=O) groups is 2. The summed E-state index contributed by atoms with van der Waals surface area (Å²) in [5.74, 6) is -1.85. The van der Waals surface area contributed by atoms with Crippen molar-refractivity contribution in [1.82, 2.24) is 5.32 Å². The van der Waals surface area contributed by atoms with Crippen LogP contribution in [0.15, 0.2) is 18.2 Å². The molecule has 1 saturated carbocycles. The van der Waals surface area contributed by atoms with Crippen LogP contribution in [0, 0.1) is 5.82 Å². The van der Waals surface area contributed by atoms with Crippen LogP contribution >= 0.6 is 0 Å². The number of aliphatic carboxylic acids is 1. The zero-order chi connectivity index (χ0) is 15.5. The predicted molar refractivity (Wildman–Crippen MR) is 73.6 cm³/mol. The van der Waals surface area contributed by atoms with Gasteiger partial charge in [-0.15, -0.1) is 0 Å². The Bertz CT molecular complexity index is 553. The number of hydrogen-bond donors (Lipinski definition) is 2. The number of amides is 1. The molecule has 1 amide bonds. The van der Waals surface area contributed by atoms with Gasteiger partial charge in [0.05, 0.1) is 13.5 Å². The number of ether oxygens (including phenoxy) is 1. The number of methoxy groups -OCH3 is 1. The van der Waals surface area contributed by atoms with E-state index in [2.05, 4.69) is 5.32 Å². The van der Waals surface area contributed by atoms with Crippen LogP contribution in [-0.4, -0.2) is 29.6 Å². The van der Waals surface area contributed by atoms with E-state index in [4.69, 9.17) is 4.74 Å². The van der Waals surface area contributed by atoms with Gasteiger partial charge >= 0.3 is 5.97 Å². The number of halogens is 1. The Balaban J connectivity index is 2.04. The average Bonchev–Trinajstić information content (AvgIpc) is 2.88. The lowest BCUT2D eigenvalue weighted by molar-refractivity contribution is -0.147. The Labute approximate surface area is 122 Å². The summed E-state index contributed by atoms with van der Waals surface area (Å²) in [5.41, 5.74) is -0.688. The van der Waals surface area contributed by atoms with E-state index in [9.17, 15) is 19.1 Å². The molecule has 6 heteroatoms. The van der Waals surface area contributed by atoms with Crippen LogP contribution in [0.1, 0.15) is 31.2 Å². The molecule has 0 radical (unpaired) electrons. The molecule has 0 saturated heterocycles. The molecular formula is C15H18FNO4. The lowest BCUT2D eigenvalue weighted by atomic mass is 9.97. The number of benzene rings is 1. The summed E-state index contributed by atoms with van der Waals surface area (Å²) >= 11 is 0. The van der Waals surface area contributed by atoms with Crippen LogP contribution in [0.5, 0.6) is 5.75 Å². The van der Waals surface area contributed by atoms with E-state index in [0.717, 1.165) is 12.8 Å². The highest BCUT2D eigenvalue weighted by Gasteiger charge is 2.42. The number of carboxylic acids is 1. The Kier molecular flexibility index (Phi) is 4.45. The molecule has 1 aromatic carbocycles. The Morgan fingerprint density at radius 1 is 1.38 bits per heavy atom. The Morgan fingerprint density at radius 2 is 2.05 bits per heavy atom. The molecule has 0 unspecified atom stereocenters. The third kappa shape index (κ3) is 3.32. The van der Waals surface area contributed by atoms with Crippen molar-refractivity contribution >= 4 is 11.9 Å². The Morgan fingerprint density at radius 3 is 2.57 bits per heavy atom. The maximum Gasteiger partial charge on any atom is 0.329 e. The first-order valence-corrected chi connectivity index (χ1v) is 6.84.